The molecule has 2 aromatic heterocycles. The monoisotopic (exact) mass is 435 g/mol. The van der Waals surface area contributed by atoms with Crippen LogP contribution < -0.4 is 0 Å². The van der Waals surface area contributed by atoms with Crippen molar-refractivity contribution in [3.63, 3.8) is 0 Å². The van der Waals surface area contributed by atoms with Crippen LogP contribution in [0.25, 0.3) is 16.9 Å². The largest absolute Gasteiger partial charge is 0.508 e. The number of hydrogen-bond donors (Lipinski definition) is 2. The van der Waals surface area contributed by atoms with E-state index in [4.69, 9.17) is 9.97 Å². The summed E-state index contributed by atoms with van der Waals surface area (Å²) in [7, 11) is 0. The van der Waals surface area contributed by atoms with Crippen molar-refractivity contribution >= 4 is 5.65 Å². The maximum atomic E-state index is 11.1. The topological polar surface area (TPSA) is 70.7 Å². The first kappa shape index (κ1) is 20.8. The van der Waals surface area contributed by atoms with E-state index in [0.29, 0.717) is 29.9 Å². The molecule has 5 rings (SSSR count). The van der Waals surface area contributed by atoms with Crippen molar-refractivity contribution in [2.45, 2.75) is 26.2 Å². The SMILES string of the molecule is CCc1cccc(Cc2nc3c(Cc4ccccc4)nc(-c4ccc(O)cc4)cn3c2O)c1. The highest BCUT2D eigenvalue weighted by atomic mass is 16.3. The molecule has 0 saturated heterocycles. The molecule has 5 heteroatoms. The van der Waals surface area contributed by atoms with Gasteiger partial charge in [-0.3, -0.25) is 4.40 Å². The lowest BCUT2D eigenvalue weighted by Crippen LogP contribution is -2.00. The summed E-state index contributed by atoms with van der Waals surface area (Å²) >= 11 is 0. The summed E-state index contributed by atoms with van der Waals surface area (Å²) in [4.78, 5) is 9.73. The number of aromatic nitrogens is 3. The number of fused-ring (bicyclic) bond motifs is 1. The van der Waals surface area contributed by atoms with Crippen molar-refractivity contribution in [3.8, 4) is 22.9 Å². The van der Waals surface area contributed by atoms with Gasteiger partial charge >= 0.3 is 0 Å². The molecule has 0 radical (unpaired) electrons. The number of benzene rings is 3. The van der Waals surface area contributed by atoms with Gasteiger partial charge in [-0.25, -0.2) is 9.97 Å². The lowest BCUT2D eigenvalue weighted by Gasteiger charge is -2.08. The minimum atomic E-state index is 0.128. The van der Waals surface area contributed by atoms with Crippen molar-refractivity contribution in [2.75, 3.05) is 0 Å². The van der Waals surface area contributed by atoms with Crippen LogP contribution in [0.2, 0.25) is 0 Å². The predicted octanol–water partition coefficient (Wildman–Crippen LogP) is 5.55. The number of rotatable bonds is 6. The average molecular weight is 436 g/mol. The van der Waals surface area contributed by atoms with E-state index in [1.807, 2.05) is 42.6 Å². The fourth-order valence-electron chi connectivity index (χ4n) is 4.09. The van der Waals surface area contributed by atoms with Crippen LogP contribution in [0.4, 0.5) is 0 Å². The Bertz CT molecular complexity index is 1410. The van der Waals surface area contributed by atoms with Crippen molar-refractivity contribution < 1.29 is 10.2 Å². The molecule has 164 valence electrons. The molecule has 0 amide bonds. The lowest BCUT2D eigenvalue weighted by molar-refractivity contribution is 0.442. The molecule has 5 nitrogen and oxygen atoms in total. The minimum Gasteiger partial charge on any atom is -0.508 e. The van der Waals surface area contributed by atoms with E-state index in [9.17, 15) is 10.2 Å². The van der Waals surface area contributed by atoms with Crippen LogP contribution in [0.15, 0.2) is 85.1 Å². The molecular weight excluding hydrogens is 410 g/mol. The van der Waals surface area contributed by atoms with Crippen molar-refractivity contribution in [3.05, 3.63) is 113 Å². The van der Waals surface area contributed by atoms with Gasteiger partial charge < -0.3 is 10.2 Å². The van der Waals surface area contributed by atoms with Gasteiger partial charge in [0.1, 0.15) is 11.4 Å². The molecule has 2 N–H and O–H groups in total. The number of aryl methyl sites for hydroxylation is 1. The molecule has 2 heterocycles. The number of phenolic OH excluding ortho intramolecular Hbond substituents is 1. The summed E-state index contributed by atoms with van der Waals surface area (Å²) < 4.78 is 1.73. The molecule has 5 aromatic rings. The zero-order valence-electron chi connectivity index (χ0n) is 18.4. The van der Waals surface area contributed by atoms with Gasteiger partial charge in [-0.05, 0) is 47.4 Å². The Kier molecular flexibility index (Phi) is 5.53. The molecule has 0 aliphatic rings. The normalized spacial score (nSPS) is 11.2. The Labute approximate surface area is 192 Å². The number of phenols is 1. The van der Waals surface area contributed by atoms with Crippen LogP contribution in [0.1, 0.15) is 35.0 Å². The summed E-state index contributed by atoms with van der Waals surface area (Å²) in [6, 6.07) is 25.4. The van der Waals surface area contributed by atoms with Crippen LogP contribution in [-0.4, -0.2) is 24.6 Å². The highest BCUT2D eigenvalue weighted by Gasteiger charge is 2.18. The Morgan fingerprint density at radius 2 is 1.42 bits per heavy atom. The Balaban J connectivity index is 1.63. The van der Waals surface area contributed by atoms with Gasteiger partial charge in [0.15, 0.2) is 5.65 Å². The zero-order chi connectivity index (χ0) is 22.8. The molecule has 0 saturated carbocycles. The molecule has 0 aliphatic heterocycles. The summed E-state index contributed by atoms with van der Waals surface area (Å²) in [5.74, 6) is 0.329. The van der Waals surface area contributed by atoms with E-state index in [1.54, 1.807) is 16.5 Å². The van der Waals surface area contributed by atoms with Crippen LogP contribution in [-0.2, 0) is 19.3 Å². The molecule has 33 heavy (non-hydrogen) atoms. The van der Waals surface area contributed by atoms with Gasteiger partial charge in [0.05, 0.1) is 11.4 Å². The molecule has 0 bridgehead atoms. The Morgan fingerprint density at radius 1 is 0.727 bits per heavy atom. The summed E-state index contributed by atoms with van der Waals surface area (Å²) in [5, 5.41) is 20.8. The predicted molar refractivity (Wildman–Crippen MR) is 130 cm³/mol. The second-order valence-electron chi connectivity index (χ2n) is 8.21. The third-order valence-electron chi connectivity index (χ3n) is 5.87. The van der Waals surface area contributed by atoms with Gasteiger partial charge in [0.2, 0.25) is 5.88 Å². The Morgan fingerprint density at radius 3 is 2.18 bits per heavy atom. The summed E-state index contributed by atoms with van der Waals surface area (Å²) in [6.07, 6.45) is 3.91. The van der Waals surface area contributed by atoms with Crippen LogP contribution in [0.3, 0.4) is 0 Å². The number of aromatic hydroxyl groups is 2. The van der Waals surface area contributed by atoms with Gasteiger partial charge in [0.25, 0.3) is 0 Å². The van der Waals surface area contributed by atoms with E-state index in [-0.39, 0.29) is 11.6 Å². The molecule has 0 fully saturated rings. The first-order valence-corrected chi connectivity index (χ1v) is 11.1. The van der Waals surface area contributed by atoms with E-state index >= 15 is 0 Å². The molecule has 0 unspecified atom stereocenters. The average Bonchev–Trinajstić information content (AvgIpc) is 3.16. The molecule has 3 aromatic carbocycles. The van der Waals surface area contributed by atoms with Crippen molar-refractivity contribution in [1.82, 2.24) is 14.4 Å². The van der Waals surface area contributed by atoms with Crippen molar-refractivity contribution in [2.24, 2.45) is 0 Å². The van der Waals surface area contributed by atoms with Gasteiger partial charge in [-0.15, -0.1) is 0 Å². The van der Waals surface area contributed by atoms with Gasteiger partial charge in [-0.1, -0.05) is 61.5 Å². The first-order chi connectivity index (χ1) is 16.1. The molecule has 0 atom stereocenters. The van der Waals surface area contributed by atoms with E-state index in [2.05, 4.69) is 37.3 Å². The summed E-state index contributed by atoms with van der Waals surface area (Å²) in [5.41, 5.74) is 7.13. The number of hydrogen-bond acceptors (Lipinski definition) is 4. The Hall–Kier alpha value is -4.12. The first-order valence-electron chi connectivity index (χ1n) is 11.1. The van der Waals surface area contributed by atoms with Gasteiger partial charge in [-0.2, -0.15) is 0 Å². The fraction of sp³-hybridized carbons (Fsp3) is 0.143. The molecule has 0 spiro atoms. The second kappa shape index (κ2) is 8.79. The third-order valence-corrected chi connectivity index (χ3v) is 5.87. The van der Waals surface area contributed by atoms with E-state index < -0.39 is 0 Å². The fourth-order valence-corrected chi connectivity index (χ4v) is 4.09. The van der Waals surface area contributed by atoms with E-state index in [0.717, 1.165) is 28.8 Å². The lowest BCUT2D eigenvalue weighted by atomic mass is 10.1. The molecule has 0 aliphatic carbocycles. The minimum absolute atomic E-state index is 0.128. The maximum absolute atomic E-state index is 11.1. The van der Waals surface area contributed by atoms with Crippen molar-refractivity contribution in [1.29, 1.82) is 0 Å². The summed E-state index contributed by atoms with van der Waals surface area (Å²) in [6.45, 7) is 2.13. The number of imidazole rings is 1. The van der Waals surface area contributed by atoms with Gasteiger partial charge in [0, 0.05) is 24.6 Å². The highest BCUT2D eigenvalue weighted by Crippen LogP contribution is 2.29. The zero-order valence-corrected chi connectivity index (χ0v) is 18.4. The van der Waals surface area contributed by atoms with E-state index in [1.165, 1.54) is 5.56 Å². The quantitative estimate of drug-likeness (QED) is 0.367. The van der Waals surface area contributed by atoms with Crippen LogP contribution in [0.5, 0.6) is 11.6 Å². The number of nitrogens with zero attached hydrogens (tertiary/aromatic N) is 3. The van der Waals surface area contributed by atoms with Crippen LogP contribution in [0, 0.1) is 0 Å². The second-order valence-corrected chi connectivity index (χ2v) is 8.21. The van der Waals surface area contributed by atoms with Crippen LogP contribution >= 0.6 is 0 Å². The standard InChI is InChI=1S/C28H25N3O2/c1-2-19-9-6-10-21(15-19)17-25-28(33)31-18-26(22-11-13-23(32)14-12-22)29-24(27(31)30-25)16-20-7-4-3-5-8-20/h3-15,18,32-33H,2,16-17H2,1H3. The third kappa shape index (κ3) is 4.30. The smallest absolute Gasteiger partial charge is 0.219 e. The highest BCUT2D eigenvalue weighted by molar-refractivity contribution is 5.64. The molecular formula is C28H25N3O2. The maximum Gasteiger partial charge on any atom is 0.219 e.